The lowest BCUT2D eigenvalue weighted by atomic mass is 10.0. The molecule has 7 N–H and O–H groups in total. The van der Waals surface area contributed by atoms with Crippen LogP contribution >= 0.6 is 0 Å². The van der Waals surface area contributed by atoms with Gasteiger partial charge in [-0.2, -0.15) is 4.98 Å². The van der Waals surface area contributed by atoms with E-state index in [0.717, 1.165) is 0 Å². The molecule has 4 amide bonds. The van der Waals surface area contributed by atoms with Gasteiger partial charge in [-0.15, -0.1) is 0 Å². The van der Waals surface area contributed by atoms with Gasteiger partial charge in [-0.1, -0.05) is 12.1 Å². The van der Waals surface area contributed by atoms with E-state index in [0.29, 0.717) is 50.5 Å². The van der Waals surface area contributed by atoms with E-state index in [-0.39, 0.29) is 23.7 Å². The summed E-state index contributed by atoms with van der Waals surface area (Å²) in [6.07, 6.45) is 1.51. The van der Waals surface area contributed by atoms with Crippen LogP contribution in [0.1, 0.15) is 25.5 Å². The molecule has 2 fully saturated rings. The van der Waals surface area contributed by atoms with E-state index in [1.54, 1.807) is 52.8 Å². The third-order valence-electron chi connectivity index (χ3n) is 6.46. The molecule has 4 rings (SSSR count). The van der Waals surface area contributed by atoms with Crippen LogP contribution < -0.4 is 28.2 Å². The maximum Gasteiger partial charge on any atom is 0.354 e. The van der Waals surface area contributed by atoms with Crippen molar-refractivity contribution in [2.75, 3.05) is 44.6 Å². The summed E-state index contributed by atoms with van der Waals surface area (Å²) >= 11 is 0. The van der Waals surface area contributed by atoms with Crippen molar-refractivity contribution >= 4 is 23.7 Å². The van der Waals surface area contributed by atoms with Crippen LogP contribution in [0.25, 0.3) is 5.69 Å². The lowest BCUT2D eigenvalue weighted by Crippen LogP contribution is -2.59. The standard InChI is InChI=1S/C24H33N9O4/c1-24(2,27)21(35)30-9-11-31(12-10-30)22(36)28-18-7-8-33(23(37)29-18)17-5-3-15(4-6-17)19(26)20(34)32-13-16(25)14-32/h3-8,16,19H,9-14,25-27H2,1-2H3,(H,28,29,36,37). The summed E-state index contributed by atoms with van der Waals surface area (Å²) < 4.78 is 1.32. The lowest BCUT2D eigenvalue weighted by Gasteiger charge is -2.38. The summed E-state index contributed by atoms with van der Waals surface area (Å²) in [7, 11) is 0. The molecule has 0 spiro atoms. The van der Waals surface area contributed by atoms with E-state index in [1.807, 2.05) is 0 Å². The highest BCUT2D eigenvalue weighted by molar-refractivity contribution is 5.89. The Kier molecular flexibility index (Phi) is 7.30. The number of rotatable bonds is 5. The van der Waals surface area contributed by atoms with Gasteiger partial charge in [-0.3, -0.25) is 19.5 Å². The van der Waals surface area contributed by atoms with Gasteiger partial charge in [0.05, 0.1) is 11.2 Å². The fourth-order valence-electron chi connectivity index (χ4n) is 4.25. The largest absolute Gasteiger partial charge is 0.354 e. The molecule has 2 aliphatic heterocycles. The normalized spacial score (nSPS) is 17.3. The number of likely N-dealkylation sites (tertiary alicyclic amines) is 1. The number of hydrogen-bond donors (Lipinski definition) is 4. The van der Waals surface area contributed by atoms with Gasteiger partial charge in [0.1, 0.15) is 11.9 Å². The van der Waals surface area contributed by atoms with Crippen molar-refractivity contribution in [2.45, 2.75) is 31.5 Å². The number of urea groups is 1. The maximum atomic E-state index is 12.6. The monoisotopic (exact) mass is 511 g/mol. The number of piperazine rings is 1. The molecule has 13 heteroatoms. The van der Waals surface area contributed by atoms with Gasteiger partial charge in [0, 0.05) is 51.5 Å². The van der Waals surface area contributed by atoms with Crippen LogP contribution in [0.2, 0.25) is 0 Å². The smallest absolute Gasteiger partial charge is 0.338 e. The van der Waals surface area contributed by atoms with Crippen LogP contribution in [0.15, 0.2) is 41.3 Å². The summed E-state index contributed by atoms with van der Waals surface area (Å²) in [4.78, 5) is 58.8. The van der Waals surface area contributed by atoms with Crippen molar-refractivity contribution in [3.63, 3.8) is 0 Å². The Bertz CT molecular complexity index is 1220. The molecule has 13 nitrogen and oxygen atoms in total. The highest BCUT2D eigenvalue weighted by Gasteiger charge is 2.32. The zero-order valence-electron chi connectivity index (χ0n) is 21.0. The first-order chi connectivity index (χ1) is 17.4. The SMILES string of the molecule is CC(C)(N)C(=O)N1CCN(C(=O)Nc2ccn(-c3ccc(C(N)C(=O)N4CC(N)C4)cc3)c(=O)n2)CC1. The van der Waals surface area contributed by atoms with Crippen molar-refractivity contribution in [3.05, 3.63) is 52.6 Å². The molecule has 3 heterocycles. The van der Waals surface area contributed by atoms with Crippen LogP contribution in [0.4, 0.5) is 10.6 Å². The molecule has 0 aliphatic carbocycles. The fourth-order valence-corrected chi connectivity index (χ4v) is 4.25. The quantitative estimate of drug-likeness (QED) is 0.386. The number of amides is 4. The first-order valence-corrected chi connectivity index (χ1v) is 12.1. The number of hydrogen-bond acceptors (Lipinski definition) is 8. The zero-order valence-corrected chi connectivity index (χ0v) is 21.0. The molecule has 37 heavy (non-hydrogen) atoms. The van der Waals surface area contributed by atoms with Gasteiger partial charge in [0.15, 0.2) is 0 Å². The van der Waals surface area contributed by atoms with Crippen LogP contribution in [-0.2, 0) is 9.59 Å². The van der Waals surface area contributed by atoms with Crippen LogP contribution in [0.3, 0.4) is 0 Å². The number of benzene rings is 1. The van der Waals surface area contributed by atoms with E-state index < -0.39 is 23.3 Å². The summed E-state index contributed by atoms with van der Waals surface area (Å²) in [5, 5.41) is 2.63. The van der Waals surface area contributed by atoms with Crippen LogP contribution in [0, 0.1) is 0 Å². The Hall–Kier alpha value is -3.81. The first kappa shape index (κ1) is 26.3. The Balaban J connectivity index is 1.35. The molecular formula is C24H33N9O4. The molecule has 0 bridgehead atoms. The molecule has 1 aromatic heterocycles. The van der Waals surface area contributed by atoms with Crippen LogP contribution in [0.5, 0.6) is 0 Å². The van der Waals surface area contributed by atoms with E-state index in [1.165, 1.54) is 16.8 Å². The van der Waals surface area contributed by atoms with Gasteiger partial charge in [-0.05, 0) is 37.6 Å². The van der Waals surface area contributed by atoms with Crippen molar-refractivity contribution in [1.82, 2.24) is 24.3 Å². The number of carbonyl (C=O) groups excluding carboxylic acids is 3. The molecule has 198 valence electrons. The number of carbonyl (C=O) groups is 3. The van der Waals surface area contributed by atoms with Gasteiger partial charge in [0.2, 0.25) is 11.8 Å². The lowest BCUT2D eigenvalue weighted by molar-refractivity contribution is -0.137. The number of nitrogens with two attached hydrogens (primary N) is 3. The third-order valence-corrected chi connectivity index (χ3v) is 6.46. The summed E-state index contributed by atoms with van der Waals surface area (Å²) in [5.41, 5.74) is 17.3. The van der Waals surface area contributed by atoms with Crippen molar-refractivity contribution in [1.29, 1.82) is 0 Å². The molecule has 2 aromatic rings. The van der Waals surface area contributed by atoms with Gasteiger partial charge < -0.3 is 31.9 Å². The van der Waals surface area contributed by atoms with Gasteiger partial charge in [0.25, 0.3) is 0 Å². The second kappa shape index (κ2) is 10.3. The molecule has 0 saturated carbocycles. The molecule has 2 saturated heterocycles. The Labute approximate surface area is 214 Å². The summed E-state index contributed by atoms with van der Waals surface area (Å²) in [6, 6.07) is 7.03. The summed E-state index contributed by atoms with van der Waals surface area (Å²) in [6.45, 7) is 5.72. The van der Waals surface area contributed by atoms with E-state index in [9.17, 15) is 19.2 Å². The Morgan fingerprint density at radius 3 is 2.14 bits per heavy atom. The molecular weight excluding hydrogens is 478 g/mol. The molecule has 1 aromatic carbocycles. The summed E-state index contributed by atoms with van der Waals surface area (Å²) in [5.74, 6) is -0.241. The van der Waals surface area contributed by atoms with E-state index >= 15 is 0 Å². The minimum Gasteiger partial charge on any atom is -0.338 e. The third kappa shape index (κ3) is 5.79. The van der Waals surface area contributed by atoms with E-state index in [2.05, 4.69) is 10.3 Å². The number of aromatic nitrogens is 2. The maximum absolute atomic E-state index is 12.6. The zero-order chi connectivity index (χ0) is 26.9. The average Bonchev–Trinajstić information content (AvgIpc) is 2.85. The first-order valence-electron chi connectivity index (χ1n) is 12.1. The topological polar surface area (TPSA) is 186 Å². The van der Waals surface area contributed by atoms with Crippen molar-refractivity contribution in [2.24, 2.45) is 17.2 Å². The Morgan fingerprint density at radius 2 is 1.59 bits per heavy atom. The highest BCUT2D eigenvalue weighted by atomic mass is 16.2. The number of nitrogens with one attached hydrogen (secondary N) is 1. The minimum absolute atomic E-state index is 0.00415. The van der Waals surface area contributed by atoms with Gasteiger partial charge >= 0.3 is 11.7 Å². The second-order valence-electron chi connectivity index (χ2n) is 9.97. The van der Waals surface area contributed by atoms with Crippen LogP contribution in [-0.4, -0.2) is 92.9 Å². The Morgan fingerprint density at radius 1 is 1.00 bits per heavy atom. The predicted molar refractivity (Wildman–Crippen MR) is 137 cm³/mol. The minimum atomic E-state index is -0.967. The number of anilines is 1. The molecule has 2 aliphatic rings. The van der Waals surface area contributed by atoms with Gasteiger partial charge in [-0.25, -0.2) is 9.59 Å². The fraction of sp³-hybridized carbons (Fsp3) is 0.458. The van der Waals surface area contributed by atoms with Crippen molar-refractivity contribution in [3.8, 4) is 5.69 Å². The average molecular weight is 512 g/mol. The second-order valence-corrected chi connectivity index (χ2v) is 9.97. The predicted octanol–water partition coefficient (Wildman–Crippen LogP) is -1.18. The van der Waals surface area contributed by atoms with Crippen molar-refractivity contribution < 1.29 is 14.4 Å². The molecule has 1 unspecified atom stereocenters. The number of nitrogens with zero attached hydrogens (tertiary/aromatic N) is 5. The highest BCUT2D eigenvalue weighted by Crippen LogP contribution is 2.19. The van der Waals surface area contributed by atoms with E-state index in [4.69, 9.17) is 17.2 Å². The molecule has 0 radical (unpaired) electrons. The molecule has 1 atom stereocenters.